The van der Waals surface area contributed by atoms with Crippen LogP contribution in [0, 0.1) is 24.7 Å². The van der Waals surface area contributed by atoms with Crippen molar-refractivity contribution < 1.29 is 18.7 Å². The summed E-state index contributed by atoms with van der Waals surface area (Å²) in [6.45, 7) is 2.10. The molecule has 5 heteroatoms. The van der Waals surface area contributed by atoms with Crippen LogP contribution in [0.5, 0.6) is 5.75 Å². The summed E-state index contributed by atoms with van der Waals surface area (Å²) in [5.74, 6) is 6.77. The Morgan fingerprint density at radius 3 is 2.88 bits per heavy atom. The molecule has 1 aliphatic rings. The van der Waals surface area contributed by atoms with Crippen LogP contribution in [0.25, 0.3) is 11.0 Å². The summed E-state index contributed by atoms with van der Waals surface area (Å²) in [5, 5.41) is 0.768. The summed E-state index contributed by atoms with van der Waals surface area (Å²) in [6.07, 6.45) is 2.26. The monoisotopic (exact) mass is 326 g/mol. The van der Waals surface area contributed by atoms with E-state index in [9.17, 15) is 9.59 Å². The average molecular weight is 326 g/mol. The quantitative estimate of drug-likeness (QED) is 0.491. The molecule has 5 nitrogen and oxygen atoms in total. The SMILES string of the molecule is COC(=O)Cc1c(C)c2ccc(OCC#CC3CC3)cc2oc1=O. The number of benzene rings is 1. The van der Waals surface area contributed by atoms with Crippen LogP contribution in [0.4, 0.5) is 0 Å². The topological polar surface area (TPSA) is 65.7 Å². The van der Waals surface area contributed by atoms with Gasteiger partial charge in [0, 0.05) is 17.4 Å². The molecule has 0 amide bonds. The summed E-state index contributed by atoms with van der Waals surface area (Å²) in [6, 6.07) is 5.29. The highest BCUT2D eigenvalue weighted by atomic mass is 16.5. The van der Waals surface area contributed by atoms with E-state index in [1.165, 1.54) is 20.0 Å². The van der Waals surface area contributed by atoms with E-state index >= 15 is 0 Å². The molecule has 0 spiro atoms. The van der Waals surface area contributed by atoms with Crippen molar-refractivity contribution in [2.24, 2.45) is 5.92 Å². The van der Waals surface area contributed by atoms with Gasteiger partial charge in [0.1, 0.15) is 17.9 Å². The molecule has 1 aromatic heterocycles. The van der Waals surface area contributed by atoms with Gasteiger partial charge < -0.3 is 13.9 Å². The predicted molar refractivity (Wildman–Crippen MR) is 88.9 cm³/mol. The molecule has 2 aromatic rings. The number of methoxy groups -OCH3 is 1. The van der Waals surface area contributed by atoms with Crippen molar-refractivity contribution in [1.82, 2.24) is 0 Å². The zero-order chi connectivity index (χ0) is 17.1. The zero-order valence-corrected chi connectivity index (χ0v) is 13.7. The molecule has 0 bridgehead atoms. The number of hydrogen-bond donors (Lipinski definition) is 0. The highest BCUT2D eigenvalue weighted by molar-refractivity contribution is 5.84. The smallest absolute Gasteiger partial charge is 0.340 e. The molecule has 1 aliphatic carbocycles. The second kappa shape index (κ2) is 6.79. The van der Waals surface area contributed by atoms with E-state index in [4.69, 9.17) is 9.15 Å². The molecule has 0 radical (unpaired) electrons. The first-order valence-electron chi connectivity index (χ1n) is 7.83. The van der Waals surface area contributed by atoms with E-state index in [1.807, 2.05) is 6.07 Å². The zero-order valence-electron chi connectivity index (χ0n) is 13.7. The van der Waals surface area contributed by atoms with Crippen molar-refractivity contribution in [3.05, 3.63) is 39.7 Å². The van der Waals surface area contributed by atoms with Gasteiger partial charge in [-0.05, 0) is 37.5 Å². The third kappa shape index (κ3) is 3.60. The number of carbonyl (C=O) groups is 1. The van der Waals surface area contributed by atoms with Crippen LogP contribution in [0.1, 0.15) is 24.0 Å². The van der Waals surface area contributed by atoms with Gasteiger partial charge in [-0.15, -0.1) is 0 Å². The molecule has 3 rings (SSSR count). The summed E-state index contributed by atoms with van der Waals surface area (Å²) in [4.78, 5) is 23.6. The molecule has 1 heterocycles. The fraction of sp³-hybridized carbons (Fsp3) is 0.368. The molecule has 0 atom stereocenters. The molecule has 0 unspecified atom stereocenters. The lowest BCUT2D eigenvalue weighted by Crippen LogP contribution is -2.16. The van der Waals surface area contributed by atoms with Gasteiger partial charge >= 0.3 is 11.6 Å². The Labute approximate surface area is 139 Å². The Morgan fingerprint density at radius 2 is 2.17 bits per heavy atom. The molecule has 124 valence electrons. The minimum Gasteiger partial charge on any atom is -0.481 e. The largest absolute Gasteiger partial charge is 0.481 e. The predicted octanol–water partition coefficient (Wildman–Crippen LogP) is 2.61. The molecular weight excluding hydrogens is 308 g/mol. The summed E-state index contributed by atoms with van der Waals surface area (Å²) >= 11 is 0. The second-order valence-corrected chi connectivity index (χ2v) is 5.79. The van der Waals surface area contributed by atoms with E-state index in [0.717, 1.165) is 5.39 Å². The Kier molecular flexibility index (Phi) is 4.57. The third-order valence-electron chi connectivity index (χ3n) is 4.00. The van der Waals surface area contributed by atoms with Gasteiger partial charge in [0.25, 0.3) is 0 Å². The van der Waals surface area contributed by atoms with Gasteiger partial charge in [0.05, 0.1) is 19.1 Å². The van der Waals surface area contributed by atoms with Crippen LogP contribution in [-0.2, 0) is 16.0 Å². The number of ether oxygens (including phenoxy) is 2. The Balaban J connectivity index is 1.85. The summed E-state index contributed by atoms with van der Waals surface area (Å²) < 4.78 is 15.5. The van der Waals surface area contributed by atoms with Crippen molar-refractivity contribution in [2.45, 2.75) is 26.2 Å². The van der Waals surface area contributed by atoms with E-state index in [1.54, 1.807) is 19.1 Å². The normalized spacial score (nSPS) is 13.2. The Morgan fingerprint density at radius 1 is 1.38 bits per heavy atom. The highest BCUT2D eigenvalue weighted by Gasteiger charge is 2.17. The van der Waals surface area contributed by atoms with Gasteiger partial charge in [0.15, 0.2) is 0 Å². The maximum atomic E-state index is 12.1. The molecule has 1 saturated carbocycles. The lowest BCUT2D eigenvalue weighted by atomic mass is 10.0. The standard InChI is InChI=1S/C19H18O5/c1-12-15-8-7-14(23-9-3-4-13-5-6-13)10-17(15)24-19(21)16(12)11-18(20)22-2/h7-8,10,13H,5-6,9,11H2,1-2H3. The van der Waals surface area contributed by atoms with E-state index in [0.29, 0.717) is 35.0 Å². The van der Waals surface area contributed by atoms with Crippen molar-refractivity contribution >= 4 is 16.9 Å². The molecule has 0 N–H and O–H groups in total. The Bertz CT molecular complexity index is 894. The minimum atomic E-state index is -0.531. The highest BCUT2D eigenvalue weighted by Crippen LogP contribution is 2.27. The number of carbonyl (C=O) groups excluding carboxylic acids is 1. The summed E-state index contributed by atoms with van der Waals surface area (Å²) in [7, 11) is 1.29. The maximum Gasteiger partial charge on any atom is 0.340 e. The molecule has 24 heavy (non-hydrogen) atoms. The minimum absolute atomic E-state index is 0.102. The number of fused-ring (bicyclic) bond motifs is 1. The van der Waals surface area contributed by atoms with Gasteiger partial charge in [-0.1, -0.05) is 11.8 Å². The lowest BCUT2D eigenvalue weighted by molar-refractivity contribution is -0.139. The van der Waals surface area contributed by atoms with E-state index in [-0.39, 0.29) is 6.42 Å². The van der Waals surface area contributed by atoms with Gasteiger partial charge in [-0.3, -0.25) is 4.79 Å². The molecule has 0 aliphatic heterocycles. The second-order valence-electron chi connectivity index (χ2n) is 5.79. The van der Waals surface area contributed by atoms with Crippen LogP contribution in [0.2, 0.25) is 0 Å². The van der Waals surface area contributed by atoms with Crippen molar-refractivity contribution in [1.29, 1.82) is 0 Å². The molecular formula is C19H18O5. The van der Waals surface area contributed by atoms with Gasteiger partial charge in [-0.2, -0.15) is 0 Å². The van der Waals surface area contributed by atoms with Gasteiger partial charge in [-0.25, -0.2) is 4.79 Å². The van der Waals surface area contributed by atoms with Gasteiger partial charge in [0.2, 0.25) is 0 Å². The van der Waals surface area contributed by atoms with Crippen LogP contribution in [0.15, 0.2) is 27.4 Å². The van der Waals surface area contributed by atoms with Crippen LogP contribution in [0.3, 0.4) is 0 Å². The third-order valence-corrected chi connectivity index (χ3v) is 4.00. The molecule has 0 saturated heterocycles. The maximum absolute atomic E-state index is 12.1. The number of esters is 1. The number of aryl methyl sites for hydroxylation is 1. The fourth-order valence-electron chi connectivity index (χ4n) is 2.42. The first kappa shape index (κ1) is 16.1. The molecule has 1 fully saturated rings. The van der Waals surface area contributed by atoms with Crippen LogP contribution in [-0.4, -0.2) is 19.7 Å². The average Bonchev–Trinajstić information content (AvgIpc) is 3.39. The first-order chi connectivity index (χ1) is 11.6. The lowest BCUT2D eigenvalue weighted by Gasteiger charge is -2.08. The number of rotatable bonds is 4. The Hall–Kier alpha value is -2.74. The molecule has 1 aromatic carbocycles. The van der Waals surface area contributed by atoms with E-state index in [2.05, 4.69) is 16.6 Å². The van der Waals surface area contributed by atoms with Crippen LogP contribution >= 0.6 is 0 Å². The first-order valence-corrected chi connectivity index (χ1v) is 7.83. The fourth-order valence-corrected chi connectivity index (χ4v) is 2.42. The number of hydrogen-bond acceptors (Lipinski definition) is 5. The van der Waals surface area contributed by atoms with E-state index < -0.39 is 11.6 Å². The van der Waals surface area contributed by atoms with Crippen molar-refractivity contribution in [2.75, 3.05) is 13.7 Å². The van der Waals surface area contributed by atoms with Crippen molar-refractivity contribution in [3.63, 3.8) is 0 Å². The van der Waals surface area contributed by atoms with Crippen molar-refractivity contribution in [3.8, 4) is 17.6 Å². The summed E-state index contributed by atoms with van der Waals surface area (Å²) in [5.41, 5.74) is 0.930. The van der Waals surface area contributed by atoms with Crippen LogP contribution < -0.4 is 10.4 Å².